The van der Waals surface area contributed by atoms with Gasteiger partial charge < -0.3 is 5.11 Å². The molecule has 0 bridgehead atoms. The Kier molecular flexibility index (Phi) is 10.9. The number of hydrogen-bond acceptors (Lipinski definition) is 1. The molecule has 0 aromatic heterocycles. The van der Waals surface area contributed by atoms with E-state index in [0.717, 1.165) is 12.8 Å². The minimum absolute atomic E-state index is 0.261. The molecule has 0 spiro atoms. The summed E-state index contributed by atoms with van der Waals surface area (Å²) >= 11 is 0. The quantitative estimate of drug-likeness (QED) is 0.450. The van der Waals surface area contributed by atoms with Crippen LogP contribution >= 0.6 is 0 Å². The highest BCUT2D eigenvalue weighted by Gasteiger charge is 1.80. The van der Waals surface area contributed by atoms with Gasteiger partial charge in [0.2, 0.25) is 0 Å². The molecule has 76 valence electrons. The highest BCUT2D eigenvalue weighted by molar-refractivity contribution is 4.92. The van der Waals surface area contributed by atoms with Gasteiger partial charge in [0.1, 0.15) is 0 Å². The van der Waals surface area contributed by atoms with E-state index >= 15 is 0 Å². The third-order valence-electron chi connectivity index (χ3n) is 1.88. The minimum atomic E-state index is 0.261. The number of rotatable bonds is 8. The molecule has 0 amide bonds. The highest BCUT2D eigenvalue weighted by Crippen LogP contribution is 2.00. The topological polar surface area (TPSA) is 20.2 Å². The number of unbranched alkanes of at least 4 members (excludes halogenated alkanes) is 3. The summed E-state index contributed by atoms with van der Waals surface area (Å²) in [6, 6.07) is 0. The maximum absolute atomic E-state index is 8.50. The Balaban J connectivity index is 3.11. The van der Waals surface area contributed by atoms with Crippen LogP contribution in [0.4, 0.5) is 0 Å². The van der Waals surface area contributed by atoms with Gasteiger partial charge >= 0.3 is 0 Å². The van der Waals surface area contributed by atoms with Crippen molar-refractivity contribution in [2.75, 3.05) is 6.61 Å². The van der Waals surface area contributed by atoms with Crippen molar-refractivity contribution in [1.82, 2.24) is 0 Å². The summed E-state index contributed by atoms with van der Waals surface area (Å²) in [4.78, 5) is 0. The number of aliphatic hydroxyl groups excluding tert-OH is 1. The molecule has 0 heterocycles. The van der Waals surface area contributed by atoms with Gasteiger partial charge in [-0.15, -0.1) is 0 Å². The standard InChI is InChI=1S/C12H22O/c1-2-3-4-5-6-7-8-9-10-11-12-13/h6-7,9-10,13H,2-5,8,11-12H2,1H3/b7-6-,10-9+. The van der Waals surface area contributed by atoms with Crippen molar-refractivity contribution in [2.24, 2.45) is 0 Å². The molecule has 0 aliphatic heterocycles. The van der Waals surface area contributed by atoms with Gasteiger partial charge in [-0.3, -0.25) is 0 Å². The van der Waals surface area contributed by atoms with E-state index in [2.05, 4.69) is 25.2 Å². The van der Waals surface area contributed by atoms with Crippen LogP contribution in [0.15, 0.2) is 24.3 Å². The molecule has 0 aliphatic rings. The number of aliphatic hydroxyl groups is 1. The number of allylic oxidation sites excluding steroid dienone is 3. The van der Waals surface area contributed by atoms with E-state index in [1.54, 1.807) is 0 Å². The fraction of sp³-hybridized carbons (Fsp3) is 0.667. The first-order valence-corrected chi connectivity index (χ1v) is 5.32. The summed E-state index contributed by atoms with van der Waals surface area (Å²) in [6.07, 6.45) is 15.5. The Morgan fingerprint density at radius 3 is 2.23 bits per heavy atom. The van der Waals surface area contributed by atoms with E-state index in [-0.39, 0.29) is 6.61 Å². The molecule has 1 N–H and O–H groups in total. The Hall–Kier alpha value is -0.560. The summed E-state index contributed by atoms with van der Waals surface area (Å²) in [5.41, 5.74) is 0. The van der Waals surface area contributed by atoms with Gasteiger partial charge in [0.25, 0.3) is 0 Å². The van der Waals surface area contributed by atoms with Crippen molar-refractivity contribution in [3.05, 3.63) is 24.3 Å². The van der Waals surface area contributed by atoms with Crippen LogP contribution in [0.2, 0.25) is 0 Å². The van der Waals surface area contributed by atoms with Crippen LogP contribution in [0.5, 0.6) is 0 Å². The molecule has 0 rings (SSSR count). The van der Waals surface area contributed by atoms with Crippen molar-refractivity contribution < 1.29 is 5.11 Å². The van der Waals surface area contributed by atoms with Crippen molar-refractivity contribution in [3.8, 4) is 0 Å². The van der Waals surface area contributed by atoms with Crippen molar-refractivity contribution >= 4 is 0 Å². The minimum Gasteiger partial charge on any atom is -0.396 e. The average Bonchev–Trinajstić information content (AvgIpc) is 2.16. The predicted molar refractivity (Wildman–Crippen MR) is 58.7 cm³/mol. The van der Waals surface area contributed by atoms with E-state index in [4.69, 9.17) is 5.11 Å². The molecule has 0 aliphatic carbocycles. The lowest BCUT2D eigenvalue weighted by Crippen LogP contribution is -1.74. The lowest BCUT2D eigenvalue weighted by Gasteiger charge is -1.90. The van der Waals surface area contributed by atoms with Crippen LogP contribution in [-0.2, 0) is 0 Å². The second kappa shape index (κ2) is 11.4. The first-order valence-electron chi connectivity index (χ1n) is 5.32. The molecule has 0 aromatic rings. The molecule has 0 atom stereocenters. The van der Waals surface area contributed by atoms with E-state index in [9.17, 15) is 0 Å². The summed E-state index contributed by atoms with van der Waals surface area (Å²) in [5.74, 6) is 0. The molecule has 13 heavy (non-hydrogen) atoms. The van der Waals surface area contributed by atoms with E-state index in [1.165, 1.54) is 25.7 Å². The normalized spacial score (nSPS) is 11.8. The molecule has 0 fully saturated rings. The zero-order valence-corrected chi connectivity index (χ0v) is 8.71. The molecule has 0 unspecified atom stereocenters. The fourth-order valence-electron chi connectivity index (χ4n) is 1.09. The van der Waals surface area contributed by atoms with Crippen LogP contribution in [0.1, 0.15) is 45.4 Å². The summed E-state index contributed by atoms with van der Waals surface area (Å²) in [5, 5.41) is 8.50. The maximum Gasteiger partial charge on any atom is 0.0465 e. The monoisotopic (exact) mass is 182 g/mol. The first-order chi connectivity index (χ1) is 6.41. The first kappa shape index (κ1) is 12.4. The summed E-state index contributed by atoms with van der Waals surface area (Å²) in [7, 11) is 0. The lowest BCUT2D eigenvalue weighted by molar-refractivity contribution is 0.302. The third kappa shape index (κ3) is 11.4. The molecule has 0 saturated heterocycles. The molecular weight excluding hydrogens is 160 g/mol. The Morgan fingerprint density at radius 1 is 0.923 bits per heavy atom. The van der Waals surface area contributed by atoms with Gasteiger partial charge in [-0.1, -0.05) is 44.1 Å². The van der Waals surface area contributed by atoms with Crippen LogP contribution < -0.4 is 0 Å². The van der Waals surface area contributed by atoms with E-state index in [1.807, 2.05) is 6.08 Å². The second-order valence-corrected chi connectivity index (χ2v) is 3.19. The van der Waals surface area contributed by atoms with Crippen molar-refractivity contribution in [3.63, 3.8) is 0 Å². The molecule has 0 aromatic carbocycles. The predicted octanol–water partition coefficient (Wildman–Crippen LogP) is 3.45. The molecule has 1 nitrogen and oxygen atoms in total. The van der Waals surface area contributed by atoms with Gasteiger partial charge in [0, 0.05) is 6.61 Å². The molecule has 1 heteroatoms. The highest BCUT2D eigenvalue weighted by atomic mass is 16.2. The third-order valence-corrected chi connectivity index (χ3v) is 1.88. The second-order valence-electron chi connectivity index (χ2n) is 3.19. The van der Waals surface area contributed by atoms with Crippen LogP contribution in [-0.4, -0.2) is 11.7 Å². The molecule has 0 radical (unpaired) electrons. The van der Waals surface area contributed by atoms with Crippen LogP contribution in [0, 0.1) is 0 Å². The van der Waals surface area contributed by atoms with Crippen molar-refractivity contribution in [2.45, 2.75) is 45.4 Å². The molecule has 0 saturated carbocycles. The van der Waals surface area contributed by atoms with E-state index < -0.39 is 0 Å². The number of hydrogen-bond donors (Lipinski definition) is 1. The van der Waals surface area contributed by atoms with E-state index in [0.29, 0.717) is 0 Å². The smallest absolute Gasteiger partial charge is 0.0465 e. The largest absolute Gasteiger partial charge is 0.396 e. The Labute approximate surface area is 82.2 Å². The van der Waals surface area contributed by atoms with Gasteiger partial charge in [-0.05, 0) is 25.7 Å². The average molecular weight is 182 g/mol. The zero-order valence-electron chi connectivity index (χ0n) is 8.71. The SMILES string of the molecule is CCCCC/C=C\C/C=C/CCO. The lowest BCUT2D eigenvalue weighted by atomic mass is 10.2. The Bertz CT molecular complexity index is 136. The fourth-order valence-corrected chi connectivity index (χ4v) is 1.09. The molecular formula is C12H22O. The van der Waals surface area contributed by atoms with Crippen molar-refractivity contribution in [1.29, 1.82) is 0 Å². The van der Waals surface area contributed by atoms with Gasteiger partial charge in [-0.2, -0.15) is 0 Å². The Morgan fingerprint density at radius 2 is 1.62 bits per heavy atom. The van der Waals surface area contributed by atoms with Gasteiger partial charge in [0.05, 0.1) is 0 Å². The maximum atomic E-state index is 8.50. The van der Waals surface area contributed by atoms with Gasteiger partial charge in [-0.25, -0.2) is 0 Å². The van der Waals surface area contributed by atoms with Crippen LogP contribution in [0.25, 0.3) is 0 Å². The summed E-state index contributed by atoms with van der Waals surface area (Å²) in [6.45, 7) is 2.48. The van der Waals surface area contributed by atoms with Gasteiger partial charge in [0.15, 0.2) is 0 Å². The zero-order chi connectivity index (χ0) is 9.78. The summed E-state index contributed by atoms with van der Waals surface area (Å²) < 4.78 is 0. The van der Waals surface area contributed by atoms with Crippen LogP contribution in [0.3, 0.4) is 0 Å².